The molecule has 0 radical (unpaired) electrons. The van der Waals surface area contributed by atoms with Crippen molar-refractivity contribution in [2.45, 2.75) is 13.1 Å². The third kappa shape index (κ3) is 17.1. The van der Waals surface area contributed by atoms with Gasteiger partial charge in [0.2, 0.25) is 0 Å². The number of carbonyl (C=O) groups is 2. The predicted octanol–water partition coefficient (Wildman–Crippen LogP) is 5.03. The minimum atomic E-state index is -1.26. The number of rotatable bonds is 16. The van der Waals surface area contributed by atoms with Crippen molar-refractivity contribution in [2.75, 3.05) is 78.4 Å². The van der Waals surface area contributed by atoms with Crippen LogP contribution in [0.2, 0.25) is 0 Å². The number of nitrogens with zero attached hydrogens (tertiary/aromatic N) is 6. The van der Waals surface area contributed by atoms with Crippen molar-refractivity contribution in [1.29, 1.82) is 0 Å². The first-order valence-corrected chi connectivity index (χ1v) is 16.0. The lowest BCUT2D eigenvalue weighted by molar-refractivity contribution is -0.134. The number of aromatic nitrogens is 2. The maximum atomic E-state index is 9.55. The van der Waals surface area contributed by atoms with Crippen LogP contribution in [0.1, 0.15) is 11.1 Å². The van der Waals surface area contributed by atoms with Crippen LogP contribution in [0.4, 0.5) is 11.6 Å². The summed E-state index contributed by atoms with van der Waals surface area (Å²) >= 11 is 0. The highest BCUT2D eigenvalue weighted by Crippen LogP contribution is 2.18. The number of anilines is 2. The van der Waals surface area contributed by atoms with Crippen molar-refractivity contribution in [2.24, 2.45) is 0 Å². The molecule has 0 aliphatic heterocycles. The summed E-state index contributed by atoms with van der Waals surface area (Å²) in [5.74, 6) is 1.28. The number of methoxy groups -OCH3 is 2. The molecule has 0 aliphatic rings. The number of pyridine rings is 2. The molecule has 50 heavy (non-hydrogen) atoms. The van der Waals surface area contributed by atoms with Crippen molar-refractivity contribution in [3.05, 3.63) is 121 Å². The standard InChI is InChI=1S/2C17H23N3O.C4H4O4/c2*1-19(2)12-13-20(17-6-4-5-11-18-17)14-15-7-9-16(21-3)10-8-15;5-3(6)1-2-4(7)8/h2*4-11H,12-14H2,1-3H3;1-2H,(H,5,6)(H,7,8)/b;;2-1-. The largest absolute Gasteiger partial charge is 0.497 e. The third-order valence-corrected chi connectivity index (χ3v) is 7.01. The van der Waals surface area contributed by atoms with Crippen LogP contribution in [0.15, 0.2) is 109 Å². The molecule has 2 aromatic carbocycles. The number of carboxylic acid groups (broad SMARTS) is 2. The van der Waals surface area contributed by atoms with Crippen LogP contribution in [0.25, 0.3) is 0 Å². The Bertz CT molecular complexity index is 1420. The number of carboxylic acids is 2. The Hall–Kier alpha value is -5.46. The molecule has 12 nitrogen and oxygen atoms in total. The summed E-state index contributed by atoms with van der Waals surface area (Å²) in [5, 5.41) is 15.6. The van der Waals surface area contributed by atoms with Gasteiger partial charge in [0, 0.05) is 63.8 Å². The van der Waals surface area contributed by atoms with E-state index in [4.69, 9.17) is 19.7 Å². The molecule has 0 fully saturated rings. The average Bonchev–Trinajstić information content (AvgIpc) is 3.12. The quantitative estimate of drug-likeness (QED) is 0.153. The minimum Gasteiger partial charge on any atom is -0.497 e. The highest BCUT2D eigenvalue weighted by atomic mass is 16.5. The van der Waals surface area contributed by atoms with Gasteiger partial charge >= 0.3 is 11.9 Å². The van der Waals surface area contributed by atoms with Crippen molar-refractivity contribution in [1.82, 2.24) is 19.8 Å². The molecule has 2 heterocycles. The van der Waals surface area contributed by atoms with Gasteiger partial charge in [0.05, 0.1) is 14.2 Å². The molecule has 0 amide bonds. The van der Waals surface area contributed by atoms with E-state index in [1.165, 1.54) is 11.1 Å². The molecule has 0 saturated carbocycles. The van der Waals surface area contributed by atoms with Gasteiger partial charge in [-0.3, -0.25) is 0 Å². The van der Waals surface area contributed by atoms with Crippen LogP contribution < -0.4 is 19.3 Å². The Morgan fingerprint density at radius 2 is 0.940 bits per heavy atom. The Kier molecular flexibility index (Phi) is 18.7. The van der Waals surface area contributed by atoms with Gasteiger partial charge in [0.1, 0.15) is 23.1 Å². The monoisotopic (exact) mass is 686 g/mol. The predicted molar refractivity (Wildman–Crippen MR) is 198 cm³/mol. The zero-order valence-electron chi connectivity index (χ0n) is 29.8. The third-order valence-electron chi connectivity index (χ3n) is 7.01. The number of likely N-dealkylation sites (N-methyl/N-ethyl adjacent to an activating group) is 2. The summed E-state index contributed by atoms with van der Waals surface area (Å²) in [6.45, 7) is 5.55. The Balaban J connectivity index is 0.000000286. The summed E-state index contributed by atoms with van der Waals surface area (Å²) in [4.78, 5) is 37.0. The van der Waals surface area contributed by atoms with E-state index in [-0.39, 0.29) is 0 Å². The number of hydrogen-bond acceptors (Lipinski definition) is 10. The maximum absolute atomic E-state index is 9.55. The second-order valence-electron chi connectivity index (χ2n) is 11.5. The smallest absolute Gasteiger partial charge is 0.328 e. The zero-order valence-corrected chi connectivity index (χ0v) is 29.8. The fraction of sp³-hybridized carbons (Fsp3) is 0.316. The van der Waals surface area contributed by atoms with E-state index in [0.29, 0.717) is 12.2 Å². The second-order valence-corrected chi connectivity index (χ2v) is 11.5. The van der Waals surface area contributed by atoms with E-state index < -0.39 is 11.9 Å². The molecule has 4 aromatic rings. The van der Waals surface area contributed by atoms with Crippen LogP contribution in [0.5, 0.6) is 11.5 Å². The van der Waals surface area contributed by atoms with Crippen LogP contribution in [0.3, 0.4) is 0 Å². The summed E-state index contributed by atoms with van der Waals surface area (Å²) in [6.07, 6.45) is 4.79. The summed E-state index contributed by atoms with van der Waals surface area (Å²) in [7, 11) is 11.7. The fourth-order valence-electron chi connectivity index (χ4n) is 4.32. The molecule has 0 unspecified atom stereocenters. The van der Waals surface area contributed by atoms with Gasteiger partial charge in [-0.2, -0.15) is 0 Å². The number of benzene rings is 2. The molecule has 4 rings (SSSR count). The molecular formula is C38H50N6O6. The molecule has 2 aromatic heterocycles. The summed E-state index contributed by atoms with van der Waals surface area (Å²) < 4.78 is 10.4. The molecule has 0 atom stereocenters. The molecule has 0 spiro atoms. The second kappa shape index (κ2) is 23.0. The van der Waals surface area contributed by atoms with Crippen LogP contribution >= 0.6 is 0 Å². The Labute approximate surface area is 295 Å². The zero-order chi connectivity index (χ0) is 36.7. The van der Waals surface area contributed by atoms with Crippen LogP contribution in [0, 0.1) is 0 Å². The van der Waals surface area contributed by atoms with Crippen LogP contribution in [-0.4, -0.2) is 111 Å². The van der Waals surface area contributed by atoms with Gasteiger partial charge < -0.3 is 39.3 Å². The summed E-state index contributed by atoms with van der Waals surface area (Å²) in [6, 6.07) is 28.5. The normalized spacial score (nSPS) is 10.5. The first-order valence-electron chi connectivity index (χ1n) is 16.0. The van der Waals surface area contributed by atoms with Crippen molar-refractivity contribution in [3.63, 3.8) is 0 Å². The van der Waals surface area contributed by atoms with E-state index in [0.717, 1.165) is 62.4 Å². The van der Waals surface area contributed by atoms with Crippen LogP contribution in [-0.2, 0) is 22.7 Å². The van der Waals surface area contributed by atoms with Gasteiger partial charge in [-0.1, -0.05) is 36.4 Å². The van der Waals surface area contributed by atoms with E-state index in [1.54, 1.807) is 14.2 Å². The molecule has 0 saturated heterocycles. The van der Waals surface area contributed by atoms with Gasteiger partial charge in [0.25, 0.3) is 0 Å². The lowest BCUT2D eigenvalue weighted by atomic mass is 10.2. The van der Waals surface area contributed by atoms with E-state index in [9.17, 15) is 9.59 Å². The van der Waals surface area contributed by atoms with Gasteiger partial charge in [-0.25, -0.2) is 19.6 Å². The first kappa shape index (κ1) is 40.7. The Morgan fingerprint density at radius 3 is 1.20 bits per heavy atom. The van der Waals surface area contributed by atoms with Crippen molar-refractivity contribution < 1.29 is 29.3 Å². The lowest BCUT2D eigenvalue weighted by Gasteiger charge is -2.25. The molecule has 268 valence electrons. The van der Waals surface area contributed by atoms with Gasteiger partial charge in [-0.15, -0.1) is 0 Å². The molecule has 12 heteroatoms. The van der Waals surface area contributed by atoms with E-state index in [2.05, 4.69) is 94.2 Å². The SMILES string of the molecule is COc1ccc(CN(CCN(C)C)c2ccccn2)cc1.COc1ccc(CN(CCN(C)C)c2ccccn2)cc1.O=C(O)/C=C\C(=O)O. The minimum absolute atomic E-state index is 0.558. The first-order chi connectivity index (χ1) is 24.0. The van der Waals surface area contributed by atoms with Crippen molar-refractivity contribution in [3.8, 4) is 11.5 Å². The van der Waals surface area contributed by atoms with E-state index in [1.807, 2.05) is 60.9 Å². The summed E-state index contributed by atoms with van der Waals surface area (Å²) in [5.41, 5.74) is 2.50. The topological polar surface area (TPSA) is 132 Å². The maximum Gasteiger partial charge on any atom is 0.328 e. The lowest BCUT2D eigenvalue weighted by Crippen LogP contribution is -2.31. The van der Waals surface area contributed by atoms with E-state index >= 15 is 0 Å². The number of hydrogen-bond donors (Lipinski definition) is 2. The highest BCUT2D eigenvalue weighted by Gasteiger charge is 2.10. The number of aliphatic carboxylic acids is 2. The van der Waals surface area contributed by atoms with Gasteiger partial charge in [0.15, 0.2) is 0 Å². The fourth-order valence-corrected chi connectivity index (χ4v) is 4.32. The average molecular weight is 687 g/mol. The Morgan fingerprint density at radius 1 is 0.580 bits per heavy atom. The molecule has 2 N–H and O–H groups in total. The van der Waals surface area contributed by atoms with Crippen molar-refractivity contribution >= 4 is 23.6 Å². The van der Waals surface area contributed by atoms with Gasteiger partial charge in [-0.05, 0) is 87.8 Å². The molecule has 0 bridgehead atoms. The molecular weight excluding hydrogens is 636 g/mol. The highest BCUT2D eigenvalue weighted by molar-refractivity contribution is 5.89. The number of ether oxygens (including phenoxy) is 2. The molecule has 0 aliphatic carbocycles.